The predicted octanol–water partition coefficient (Wildman–Crippen LogP) is 0.708. The Morgan fingerprint density at radius 1 is 1.67 bits per heavy atom. The summed E-state index contributed by atoms with van der Waals surface area (Å²) in [5.41, 5.74) is -0.275. The Hall–Kier alpha value is -0.610. The van der Waals surface area contributed by atoms with Crippen molar-refractivity contribution < 1.29 is 14.3 Å². The van der Waals surface area contributed by atoms with Crippen molar-refractivity contribution in [2.45, 2.75) is 32.3 Å². The van der Waals surface area contributed by atoms with Gasteiger partial charge in [0.05, 0.1) is 18.6 Å². The number of ether oxygens (including phenoxy) is 2. The van der Waals surface area contributed by atoms with Crippen molar-refractivity contribution >= 4 is 5.97 Å². The average molecular weight is 213 g/mol. The Labute approximate surface area is 90.3 Å². The molecule has 2 aliphatic heterocycles. The molecular weight excluding hydrogens is 194 g/mol. The van der Waals surface area contributed by atoms with Gasteiger partial charge in [0.15, 0.2) is 0 Å². The van der Waals surface area contributed by atoms with Crippen molar-refractivity contribution in [2.75, 3.05) is 26.3 Å². The second-order valence-corrected chi connectivity index (χ2v) is 4.45. The SMILES string of the molecule is CCC1(C(=O)OC2CCOC2)CCNC1. The molecule has 0 saturated carbocycles. The van der Waals surface area contributed by atoms with Gasteiger partial charge >= 0.3 is 5.97 Å². The normalized spacial score (nSPS) is 35.7. The smallest absolute Gasteiger partial charge is 0.313 e. The minimum absolute atomic E-state index is 0.0125. The third-order valence-corrected chi connectivity index (χ3v) is 3.52. The highest BCUT2D eigenvalue weighted by molar-refractivity contribution is 5.77. The first-order valence-electron chi connectivity index (χ1n) is 5.76. The Bertz CT molecular complexity index is 230. The molecule has 2 rings (SSSR count). The topological polar surface area (TPSA) is 47.6 Å². The summed E-state index contributed by atoms with van der Waals surface area (Å²) in [4.78, 5) is 12.0. The fourth-order valence-electron chi connectivity index (χ4n) is 2.25. The zero-order chi connectivity index (χ0) is 10.7. The lowest BCUT2D eigenvalue weighted by Crippen LogP contribution is -2.37. The van der Waals surface area contributed by atoms with Gasteiger partial charge in [-0.2, -0.15) is 0 Å². The second-order valence-electron chi connectivity index (χ2n) is 4.45. The van der Waals surface area contributed by atoms with Gasteiger partial charge in [-0.3, -0.25) is 4.79 Å². The van der Waals surface area contributed by atoms with Crippen LogP contribution in [-0.4, -0.2) is 38.4 Å². The van der Waals surface area contributed by atoms with Crippen LogP contribution in [-0.2, 0) is 14.3 Å². The molecule has 1 N–H and O–H groups in total. The van der Waals surface area contributed by atoms with Gasteiger partial charge in [0.1, 0.15) is 6.10 Å². The highest BCUT2D eigenvalue weighted by atomic mass is 16.6. The van der Waals surface area contributed by atoms with E-state index >= 15 is 0 Å². The molecule has 2 fully saturated rings. The van der Waals surface area contributed by atoms with Gasteiger partial charge in [0.2, 0.25) is 0 Å². The van der Waals surface area contributed by atoms with Crippen molar-refractivity contribution in [1.29, 1.82) is 0 Å². The van der Waals surface area contributed by atoms with E-state index in [-0.39, 0.29) is 17.5 Å². The summed E-state index contributed by atoms with van der Waals surface area (Å²) < 4.78 is 10.7. The van der Waals surface area contributed by atoms with Crippen molar-refractivity contribution in [3.8, 4) is 0 Å². The first-order valence-corrected chi connectivity index (χ1v) is 5.76. The number of carbonyl (C=O) groups excluding carboxylic acids is 1. The van der Waals surface area contributed by atoms with Crippen molar-refractivity contribution in [3.63, 3.8) is 0 Å². The quantitative estimate of drug-likeness (QED) is 0.701. The number of hydrogen-bond acceptors (Lipinski definition) is 4. The summed E-state index contributed by atoms with van der Waals surface area (Å²) in [5, 5.41) is 3.24. The van der Waals surface area contributed by atoms with Crippen LogP contribution in [0.2, 0.25) is 0 Å². The maximum atomic E-state index is 12.0. The molecule has 2 atom stereocenters. The number of hydrogen-bond donors (Lipinski definition) is 1. The fraction of sp³-hybridized carbons (Fsp3) is 0.909. The molecular formula is C11H19NO3. The second kappa shape index (κ2) is 4.49. The Morgan fingerprint density at radius 3 is 3.07 bits per heavy atom. The van der Waals surface area contributed by atoms with E-state index < -0.39 is 0 Å². The first-order chi connectivity index (χ1) is 7.27. The van der Waals surface area contributed by atoms with Crippen LogP contribution in [0, 0.1) is 5.41 Å². The number of carbonyl (C=O) groups is 1. The largest absolute Gasteiger partial charge is 0.459 e. The van der Waals surface area contributed by atoms with Gasteiger partial charge < -0.3 is 14.8 Å². The van der Waals surface area contributed by atoms with Crippen molar-refractivity contribution in [1.82, 2.24) is 5.32 Å². The van der Waals surface area contributed by atoms with E-state index in [1.807, 2.05) is 0 Å². The molecule has 0 aromatic rings. The van der Waals surface area contributed by atoms with Gasteiger partial charge in [-0.05, 0) is 19.4 Å². The van der Waals surface area contributed by atoms with Gasteiger partial charge in [0, 0.05) is 13.0 Å². The molecule has 0 bridgehead atoms. The van der Waals surface area contributed by atoms with Gasteiger partial charge in [-0.1, -0.05) is 6.92 Å². The molecule has 2 saturated heterocycles. The summed E-state index contributed by atoms with van der Waals surface area (Å²) in [7, 11) is 0. The van der Waals surface area contributed by atoms with Crippen LogP contribution >= 0.6 is 0 Å². The van der Waals surface area contributed by atoms with Crippen LogP contribution in [0.1, 0.15) is 26.2 Å². The molecule has 86 valence electrons. The van der Waals surface area contributed by atoms with Crippen LogP contribution in [0.25, 0.3) is 0 Å². The summed E-state index contributed by atoms with van der Waals surface area (Å²) in [6, 6.07) is 0. The molecule has 4 heteroatoms. The highest BCUT2D eigenvalue weighted by Crippen LogP contribution is 2.31. The van der Waals surface area contributed by atoms with Crippen LogP contribution in [0.15, 0.2) is 0 Å². The lowest BCUT2D eigenvalue weighted by molar-refractivity contribution is -0.160. The highest BCUT2D eigenvalue weighted by Gasteiger charge is 2.42. The number of rotatable bonds is 3. The minimum atomic E-state index is -0.275. The molecule has 0 aromatic carbocycles. The number of esters is 1. The zero-order valence-electron chi connectivity index (χ0n) is 9.25. The molecule has 2 unspecified atom stereocenters. The average Bonchev–Trinajstić information content (AvgIpc) is 2.87. The van der Waals surface area contributed by atoms with E-state index in [1.165, 1.54) is 0 Å². The molecule has 0 amide bonds. The Kier molecular flexibility index (Phi) is 3.26. The third-order valence-electron chi connectivity index (χ3n) is 3.52. The maximum Gasteiger partial charge on any atom is 0.313 e. The lowest BCUT2D eigenvalue weighted by Gasteiger charge is -2.25. The van der Waals surface area contributed by atoms with Crippen molar-refractivity contribution in [3.05, 3.63) is 0 Å². The number of nitrogens with one attached hydrogen (secondary N) is 1. The van der Waals surface area contributed by atoms with E-state index in [9.17, 15) is 4.79 Å². The standard InChI is InChI=1S/C11H19NO3/c1-2-11(4-5-12-8-11)10(13)15-9-3-6-14-7-9/h9,12H,2-8H2,1H3. The third kappa shape index (κ3) is 2.16. The minimum Gasteiger partial charge on any atom is -0.459 e. The van der Waals surface area contributed by atoms with E-state index in [1.54, 1.807) is 0 Å². The van der Waals surface area contributed by atoms with Gasteiger partial charge in [0.25, 0.3) is 0 Å². The zero-order valence-corrected chi connectivity index (χ0v) is 9.25. The molecule has 15 heavy (non-hydrogen) atoms. The monoisotopic (exact) mass is 213 g/mol. The molecule has 0 aliphatic carbocycles. The Morgan fingerprint density at radius 2 is 2.53 bits per heavy atom. The van der Waals surface area contributed by atoms with Crippen LogP contribution < -0.4 is 5.32 Å². The summed E-state index contributed by atoms with van der Waals surface area (Å²) in [6.45, 7) is 5.02. The van der Waals surface area contributed by atoms with Gasteiger partial charge in [-0.25, -0.2) is 0 Å². The summed E-state index contributed by atoms with van der Waals surface area (Å²) in [5.74, 6) is -0.0366. The maximum absolute atomic E-state index is 12.0. The molecule has 2 aliphatic rings. The van der Waals surface area contributed by atoms with Crippen molar-refractivity contribution in [2.24, 2.45) is 5.41 Å². The fourth-order valence-corrected chi connectivity index (χ4v) is 2.25. The summed E-state index contributed by atoms with van der Waals surface area (Å²) >= 11 is 0. The molecule has 4 nitrogen and oxygen atoms in total. The molecule has 2 heterocycles. The van der Waals surface area contributed by atoms with E-state index in [0.717, 1.165) is 39.0 Å². The van der Waals surface area contributed by atoms with Crippen LogP contribution in [0.4, 0.5) is 0 Å². The van der Waals surface area contributed by atoms with Gasteiger partial charge in [-0.15, -0.1) is 0 Å². The van der Waals surface area contributed by atoms with E-state index in [2.05, 4.69) is 12.2 Å². The molecule has 0 spiro atoms. The Balaban J connectivity index is 1.92. The molecule has 0 radical (unpaired) electrons. The lowest BCUT2D eigenvalue weighted by atomic mass is 9.84. The summed E-state index contributed by atoms with van der Waals surface area (Å²) in [6.07, 6.45) is 2.59. The predicted molar refractivity (Wildman–Crippen MR) is 55.5 cm³/mol. The molecule has 0 aromatic heterocycles. The van der Waals surface area contributed by atoms with E-state index in [4.69, 9.17) is 9.47 Å². The first kappa shape index (κ1) is 10.9. The van der Waals surface area contributed by atoms with E-state index in [0.29, 0.717) is 6.61 Å². The van der Waals surface area contributed by atoms with Crippen LogP contribution in [0.5, 0.6) is 0 Å². The van der Waals surface area contributed by atoms with Crippen LogP contribution in [0.3, 0.4) is 0 Å².